The van der Waals surface area contributed by atoms with Crippen LogP contribution in [-0.4, -0.2) is 13.2 Å². The summed E-state index contributed by atoms with van der Waals surface area (Å²) in [5.74, 6) is 0.759. The van der Waals surface area contributed by atoms with Crippen molar-refractivity contribution in [3.63, 3.8) is 0 Å². The monoisotopic (exact) mass is 390 g/mol. The normalized spacial score (nSPS) is 14.9. The van der Waals surface area contributed by atoms with Gasteiger partial charge in [-0.3, -0.25) is 0 Å². The number of halogens is 4. The van der Waals surface area contributed by atoms with E-state index in [0.29, 0.717) is 45.3 Å². The molecule has 0 spiro atoms. The van der Waals surface area contributed by atoms with E-state index < -0.39 is 11.2 Å². The fourth-order valence-electron chi connectivity index (χ4n) is 2.15. The second-order valence-corrected chi connectivity index (χ2v) is 6.31. The van der Waals surface area contributed by atoms with E-state index >= 15 is 0 Å². The van der Waals surface area contributed by atoms with E-state index in [4.69, 9.17) is 32.7 Å². The third-order valence-corrected chi connectivity index (χ3v) is 4.46. The van der Waals surface area contributed by atoms with Gasteiger partial charge in [0.15, 0.2) is 11.5 Å². The minimum absolute atomic E-state index is 0.360. The molecule has 110 valence electrons. The highest BCUT2D eigenvalue weighted by atomic mass is 79.9. The predicted molar refractivity (Wildman–Crippen MR) is 84.2 cm³/mol. The van der Waals surface area contributed by atoms with Crippen molar-refractivity contribution in [3.8, 4) is 11.5 Å². The van der Waals surface area contributed by atoms with E-state index in [-0.39, 0.29) is 0 Å². The Hall–Kier alpha value is -0.970. The third-order valence-electron chi connectivity index (χ3n) is 3.17. The molecule has 2 aromatic rings. The maximum atomic E-state index is 14.0. The van der Waals surface area contributed by atoms with Crippen LogP contribution in [0.3, 0.4) is 0 Å². The lowest BCUT2D eigenvalue weighted by Gasteiger charge is -2.21. The van der Waals surface area contributed by atoms with Crippen molar-refractivity contribution in [1.29, 1.82) is 0 Å². The first-order chi connectivity index (χ1) is 10.1. The summed E-state index contributed by atoms with van der Waals surface area (Å²) in [6.07, 6.45) is 0. The topological polar surface area (TPSA) is 18.5 Å². The average Bonchev–Trinajstić information content (AvgIpc) is 2.46. The van der Waals surface area contributed by atoms with Crippen LogP contribution in [0.25, 0.3) is 0 Å². The van der Waals surface area contributed by atoms with Crippen LogP contribution >= 0.6 is 39.1 Å². The van der Waals surface area contributed by atoms with E-state index in [0.717, 1.165) is 0 Å². The molecule has 2 nitrogen and oxygen atoms in total. The summed E-state index contributed by atoms with van der Waals surface area (Å²) < 4.78 is 25.7. The molecule has 0 radical (unpaired) electrons. The number of ether oxygens (including phenoxy) is 2. The van der Waals surface area contributed by atoms with Gasteiger partial charge in [-0.05, 0) is 23.8 Å². The molecule has 3 rings (SSSR count). The van der Waals surface area contributed by atoms with Crippen LogP contribution in [0.1, 0.15) is 16.5 Å². The Morgan fingerprint density at radius 3 is 2.38 bits per heavy atom. The van der Waals surface area contributed by atoms with Crippen molar-refractivity contribution in [2.24, 2.45) is 0 Å². The SMILES string of the molecule is Fc1cc(Br)ccc1C(Cl)c1cc2c(cc1Cl)OCCO2. The summed E-state index contributed by atoms with van der Waals surface area (Å²) >= 11 is 15.9. The molecule has 2 aromatic carbocycles. The summed E-state index contributed by atoms with van der Waals surface area (Å²) in [6.45, 7) is 0.946. The van der Waals surface area contributed by atoms with Crippen LogP contribution in [0.2, 0.25) is 5.02 Å². The van der Waals surface area contributed by atoms with Crippen LogP contribution in [0.5, 0.6) is 11.5 Å². The lowest BCUT2D eigenvalue weighted by Crippen LogP contribution is -2.15. The molecule has 0 aromatic heterocycles. The average molecular weight is 392 g/mol. The fourth-order valence-corrected chi connectivity index (χ4v) is 3.16. The molecule has 0 aliphatic carbocycles. The van der Waals surface area contributed by atoms with Gasteiger partial charge in [-0.25, -0.2) is 4.39 Å². The minimum Gasteiger partial charge on any atom is -0.486 e. The van der Waals surface area contributed by atoms with E-state index in [2.05, 4.69) is 15.9 Å². The van der Waals surface area contributed by atoms with Crippen molar-refractivity contribution in [2.75, 3.05) is 13.2 Å². The van der Waals surface area contributed by atoms with Gasteiger partial charge in [0.1, 0.15) is 19.0 Å². The highest BCUT2D eigenvalue weighted by Crippen LogP contribution is 2.42. The lowest BCUT2D eigenvalue weighted by molar-refractivity contribution is 0.171. The Labute approximate surface area is 139 Å². The number of hydrogen-bond donors (Lipinski definition) is 0. The molecular formula is C15H10BrCl2FO2. The zero-order valence-corrected chi connectivity index (χ0v) is 13.8. The number of benzene rings is 2. The molecule has 0 bridgehead atoms. The van der Waals surface area contributed by atoms with E-state index in [1.54, 1.807) is 24.3 Å². The Bertz CT molecular complexity index is 694. The van der Waals surface area contributed by atoms with E-state index in [9.17, 15) is 4.39 Å². The maximum absolute atomic E-state index is 14.0. The number of hydrogen-bond acceptors (Lipinski definition) is 2. The molecule has 1 heterocycles. The molecular weight excluding hydrogens is 382 g/mol. The van der Waals surface area contributed by atoms with Gasteiger partial charge in [0, 0.05) is 21.1 Å². The van der Waals surface area contributed by atoms with Gasteiger partial charge in [0.25, 0.3) is 0 Å². The Kier molecular flexibility index (Phi) is 4.29. The molecule has 1 atom stereocenters. The molecule has 0 fully saturated rings. The standard InChI is InChI=1S/C15H10BrCl2FO2/c16-8-1-2-9(12(19)5-8)15(18)10-6-13-14(7-11(10)17)21-4-3-20-13/h1-2,5-7,15H,3-4H2. The maximum Gasteiger partial charge on any atom is 0.162 e. The molecule has 1 unspecified atom stereocenters. The highest BCUT2D eigenvalue weighted by molar-refractivity contribution is 9.10. The van der Waals surface area contributed by atoms with Crippen LogP contribution < -0.4 is 9.47 Å². The number of alkyl halides is 1. The quantitative estimate of drug-likeness (QED) is 0.643. The zero-order chi connectivity index (χ0) is 15.0. The van der Waals surface area contributed by atoms with E-state index in [1.165, 1.54) is 6.07 Å². The second kappa shape index (κ2) is 6.03. The molecule has 6 heteroatoms. The summed E-state index contributed by atoms with van der Waals surface area (Å²) in [7, 11) is 0. The van der Waals surface area contributed by atoms with E-state index in [1.807, 2.05) is 0 Å². The first-order valence-corrected chi connectivity index (χ1v) is 7.85. The summed E-state index contributed by atoms with van der Waals surface area (Å²) in [5.41, 5.74) is 0.947. The fraction of sp³-hybridized carbons (Fsp3) is 0.200. The van der Waals surface area contributed by atoms with Crippen molar-refractivity contribution >= 4 is 39.1 Å². The van der Waals surface area contributed by atoms with Gasteiger partial charge in [-0.15, -0.1) is 11.6 Å². The van der Waals surface area contributed by atoms with Gasteiger partial charge in [0.05, 0.1) is 5.38 Å². The van der Waals surface area contributed by atoms with Crippen molar-refractivity contribution in [3.05, 3.63) is 56.8 Å². The molecule has 0 saturated heterocycles. The third kappa shape index (κ3) is 2.98. The van der Waals surface area contributed by atoms with Gasteiger partial charge in [-0.2, -0.15) is 0 Å². The smallest absolute Gasteiger partial charge is 0.162 e. The molecule has 0 saturated carbocycles. The molecule has 21 heavy (non-hydrogen) atoms. The van der Waals surface area contributed by atoms with Crippen LogP contribution in [0.15, 0.2) is 34.8 Å². The summed E-state index contributed by atoms with van der Waals surface area (Å²) in [4.78, 5) is 0. The minimum atomic E-state index is -0.707. The van der Waals surface area contributed by atoms with Gasteiger partial charge in [0.2, 0.25) is 0 Å². The molecule has 0 N–H and O–H groups in total. The molecule has 1 aliphatic heterocycles. The van der Waals surface area contributed by atoms with Crippen molar-refractivity contribution in [1.82, 2.24) is 0 Å². The number of fused-ring (bicyclic) bond motifs is 1. The number of rotatable bonds is 2. The molecule has 0 amide bonds. The van der Waals surface area contributed by atoms with Crippen molar-refractivity contribution < 1.29 is 13.9 Å². The van der Waals surface area contributed by atoms with Gasteiger partial charge >= 0.3 is 0 Å². The Balaban J connectivity index is 2.03. The first kappa shape index (κ1) is 14.9. The predicted octanol–water partition coefficient (Wildman–Crippen LogP) is 5.34. The Morgan fingerprint density at radius 1 is 1.05 bits per heavy atom. The second-order valence-electron chi connectivity index (χ2n) is 4.55. The largest absolute Gasteiger partial charge is 0.486 e. The van der Waals surface area contributed by atoms with Gasteiger partial charge in [-0.1, -0.05) is 33.6 Å². The van der Waals surface area contributed by atoms with Gasteiger partial charge < -0.3 is 9.47 Å². The lowest BCUT2D eigenvalue weighted by atomic mass is 10.0. The highest BCUT2D eigenvalue weighted by Gasteiger charge is 2.22. The first-order valence-electron chi connectivity index (χ1n) is 6.24. The van der Waals surface area contributed by atoms with Crippen LogP contribution in [0, 0.1) is 5.82 Å². The summed E-state index contributed by atoms with van der Waals surface area (Å²) in [5, 5.41) is -0.289. The summed E-state index contributed by atoms with van der Waals surface area (Å²) in [6, 6.07) is 8.09. The van der Waals surface area contributed by atoms with Crippen molar-refractivity contribution in [2.45, 2.75) is 5.38 Å². The van der Waals surface area contributed by atoms with Crippen LogP contribution in [0.4, 0.5) is 4.39 Å². The Morgan fingerprint density at radius 2 is 1.71 bits per heavy atom. The van der Waals surface area contributed by atoms with Crippen LogP contribution in [-0.2, 0) is 0 Å². The zero-order valence-electron chi connectivity index (χ0n) is 10.7. The molecule has 1 aliphatic rings.